The molecule has 0 atom stereocenters. The van der Waals surface area contributed by atoms with E-state index >= 15 is 0 Å². The summed E-state index contributed by atoms with van der Waals surface area (Å²) < 4.78 is 1.78. The molecule has 0 radical (unpaired) electrons. The summed E-state index contributed by atoms with van der Waals surface area (Å²) in [6.45, 7) is 8.21. The molecule has 0 unspecified atom stereocenters. The zero-order chi connectivity index (χ0) is 22.4. The highest BCUT2D eigenvalue weighted by Gasteiger charge is 2.19. The maximum atomic E-state index is 12.7. The van der Waals surface area contributed by atoms with Gasteiger partial charge in [-0.1, -0.05) is 24.9 Å². The van der Waals surface area contributed by atoms with Gasteiger partial charge in [0, 0.05) is 54.0 Å². The minimum atomic E-state index is -0.257. The summed E-state index contributed by atoms with van der Waals surface area (Å²) in [6, 6.07) is 5.39. The second kappa shape index (κ2) is 10.9. The number of aryl methyl sites for hydroxylation is 3. The molecule has 2 amide bonds. The first-order chi connectivity index (χ1) is 14.9. The fourth-order valence-corrected chi connectivity index (χ4v) is 4.66. The van der Waals surface area contributed by atoms with Crippen LogP contribution in [0.5, 0.6) is 0 Å². The second-order valence-corrected chi connectivity index (χ2v) is 9.21. The Hall–Kier alpha value is -2.25. The largest absolute Gasteiger partial charge is 0.337 e. The molecule has 8 heteroatoms. The molecular formula is C23H29ClN4O2S. The molecule has 2 heterocycles. The van der Waals surface area contributed by atoms with Crippen LogP contribution in [0.4, 0.5) is 5.69 Å². The van der Waals surface area contributed by atoms with Crippen molar-refractivity contribution in [3.05, 3.63) is 51.8 Å². The van der Waals surface area contributed by atoms with Gasteiger partial charge in [0.15, 0.2) is 0 Å². The molecule has 1 aromatic heterocycles. The van der Waals surface area contributed by atoms with Crippen molar-refractivity contribution in [2.75, 3.05) is 29.9 Å². The number of halogens is 1. The van der Waals surface area contributed by atoms with Gasteiger partial charge in [0.2, 0.25) is 5.91 Å². The summed E-state index contributed by atoms with van der Waals surface area (Å²) in [5.41, 5.74) is 3.73. The Morgan fingerprint density at radius 3 is 2.68 bits per heavy atom. The van der Waals surface area contributed by atoms with Crippen molar-refractivity contribution >= 4 is 46.9 Å². The van der Waals surface area contributed by atoms with E-state index in [1.807, 2.05) is 36.6 Å². The third-order valence-corrected chi connectivity index (χ3v) is 6.60. The van der Waals surface area contributed by atoms with E-state index in [1.165, 1.54) is 6.08 Å². The first-order valence-corrected chi connectivity index (χ1v) is 12.1. The molecule has 0 aliphatic carbocycles. The van der Waals surface area contributed by atoms with Gasteiger partial charge >= 0.3 is 0 Å². The zero-order valence-electron chi connectivity index (χ0n) is 18.3. The second-order valence-electron chi connectivity index (χ2n) is 7.62. The highest BCUT2D eigenvalue weighted by molar-refractivity contribution is 7.99. The molecule has 31 heavy (non-hydrogen) atoms. The zero-order valence-corrected chi connectivity index (χ0v) is 19.9. The maximum Gasteiger partial charge on any atom is 0.253 e. The van der Waals surface area contributed by atoms with Crippen molar-refractivity contribution in [1.82, 2.24) is 14.7 Å². The van der Waals surface area contributed by atoms with Crippen LogP contribution in [-0.4, -0.2) is 51.1 Å². The van der Waals surface area contributed by atoms with E-state index in [1.54, 1.807) is 22.9 Å². The van der Waals surface area contributed by atoms with Crippen molar-refractivity contribution in [3.8, 4) is 0 Å². The summed E-state index contributed by atoms with van der Waals surface area (Å²) in [4.78, 5) is 27.0. The lowest BCUT2D eigenvalue weighted by Crippen LogP contribution is -2.37. The molecule has 166 valence electrons. The molecule has 1 aliphatic rings. The smallest absolute Gasteiger partial charge is 0.253 e. The summed E-state index contributed by atoms with van der Waals surface area (Å²) in [7, 11) is 0. The Balaban J connectivity index is 1.65. The van der Waals surface area contributed by atoms with Gasteiger partial charge in [0.05, 0.1) is 5.69 Å². The van der Waals surface area contributed by atoms with Crippen molar-refractivity contribution in [2.24, 2.45) is 0 Å². The van der Waals surface area contributed by atoms with Crippen LogP contribution >= 0.6 is 23.4 Å². The minimum Gasteiger partial charge on any atom is -0.337 e. The molecule has 1 aliphatic heterocycles. The van der Waals surface area contributed by atoms with E-state index in [0.717, 1.165) is 60.8 Å². The topological polar surface area (TPSA) is 67.2 Å². The highest BCUT2D eigenvalue weighted by Crippen LogP contribution is 2.23. The lowest BCUT2D eigenvalue weighted by Gasteiger charge is -2.26. The summed E-state index contributed by atoms with van der Waals surface area (Å²) >= 11 is 8.30. The minimum absolute atomic E-state index is 0.0476. The fourth-order valence-electron chi connectivity index (χ4n) is 3.43. The quantitative estimate of drug-likeness (QED) is 0.603. The van der Waals surface area contributed by atoms with Crippen LogP contribution in [0.3, 0.4) is 0 Å². The number of amides is 2. The first-order valence-electron chi connectivity index (χ1n) is 10.6. The van der Waals surface area contributed by atoms with Gasteiger partial charge in [-0.15, -0.1) is 0 Å². The Morgan fingerprint density at radius 2 is 2.00 bits per heavy atom. The Labute approximate surface area is 193 Å². The number of nitrogens with one attached hydrogen (secondary N) is 1. The van der Waals surface area contributed by atoms with E-state index in [4.69, 9.17) is 11.6 Å². The van der Waals surface area contributed by atoms with Crippen LogP contribution in [0.25, 0.3) is 6.08 Å². The van der Waals surface area contributed by atoms with Gasteiger partial charge in [0.1, 0.15) is 5.15 Å². The normalized spacial score (nSPS) is 14.3. The number of thioether (sulfide) groups is 1. The van der Waals surface area contributed by atoms with Gasteiger partial charge in [-0.25, -0.2) is 0 Å². The van der Waals surface area contributed by atoms with Gasteiger partial charge in [-0.3, -0.25) is 14.3 Å². The van der Waals surface area contributed by atoms with Gasteiger partial charge in [-0.05, 0) is 50.1 Å². The van der Waals surface area contributed by atoms with E-state index in [0.29, 0.717) is 16.4 Å². The van der Waals surface area contributed by atoms with Crippen molar-refractivity contribution < 1.29 is 9.59 Å². The number of aromatic nitrogens is 2. The Kier molecular flexibility index (Phi) is 8.21. The van der Waals surface area contributed by atoms with Crippen LogP contribution < -0.4 is 5.32 Å². The number of nitrogens with zero attached hydrogens (tertiary/aromatic N) is 3. The van der Waals surface area contributed by atoms with E-state index in [-0.39, 0.29) is 11.8 Å². The Bertz CT molecular complexity index is 980. The summed E-state index contributed by atoms with van der Waals surface area (Å²) in [5, 5.41) is 7.88. The van der Waals surface area contributed by atoms with Crippen LogP contribution in [0.1, 0.15) is 46.9 Å². The molecule has 2 aromatic rings. The van der Waals surface area contributed by atoms with Gasteiger partial charge < -0.3 is 10.2 Å². The average molecular weight is 461 g/mol. The predicted octanol–water partition coefficient (Wildman–Crippen LogP) is 4.79. The van der Waals surface area contributed by atoms with Gasteiger partial charge in [-0.2, -0.15) is 16.9 Å². The predicted molar refractivity (Wildman–Crippen MR) is 129 cm³/mol. The molecule has 0 bridgehead atoms. The fraction of sp³-hybridized carbons (Fsp3) is 0.435. The number of hydrogen-bond donors (Lipinski definition) is 1. The monoisotopic (exact) mass is 460 g/mol. The number of anilines is 1. The molecule has 1 aromatic carbocycles. The number of hydrogen-bond acceptors (Lipinski definition) is 4. The highest BCUT2D eigenvalue weighted by atomic mass is 35.5. The third-order valence-electron chi connectivity index (χ3n) is 5.26. The Morgan fingerprint density at radius 1 is 1.26 bits per heavy atom. The molecule has 1 N–H and O–H groups in total. The average Bonchev–Trinajstić information content (AvgIpc) is 3.04. The molecule has 1 saturated heterocycles. The van der Waals surface area contributed by atoms with E-state index in [9.17, 15) is 9.59 Å². The molecule has 0 spiro atoms. The summed E-state index contributed by atoms with van der Waals surface area (Å²) in [6.07, 6.45) is 5.22. The standard InChI is InChI=1S/C23H29ClN4O2S/c1-4-5-10-28-22(24)19(17(3)26-28)7-9-21(29)25-20-8-6-18(15-16(20)2)23(30)27-11-13-31-14-12-27/h6-9,15H,4-5,10-14H2,1-3H3,(H,25,29)/b9-7+. The first kappa shape index (κ1) is 23.4. The number of rotatable bonds is 7. The van der Waals surface area contributed by atoms with Crippen molar-refractivity contribution in [2.45, 2.75) is 40.2 Å². The SMILES string of the molecule is CCCCn1nc(C)c(/C=C/C(=O)Nc2ccc(C(=O)N3CCSCC3)cc2C)c1Cl. The number of carbonyl (C=O) groups excluding carboxylic acids is 2. The maximum absolute atomic E-state index is 12.7. The lowest BCUT2D eigenvalue weighted by molar-refractivity contribution is -0.111. The van der Waals surface area contributed by atoms with Crippen LogP contribution in [0.2, 0.25) is 5.15 Å². The molecule has 1 fully saturated rings. The number of carbonyl (C=O) groups is 2. The van der Waals surface area contributed by atoms with Crippen LogP contribution in [-0.2, 0) is 11.3 Å². The van der Waals surface area contributed by atoms with Crippen molar-refractivity contribution in [1.29, 1.82) is 0 Å². The van der Waals surface area contributed by atoms with Crippen LogP contribution in [0, 0.1) is 13.8 Å². The van der Waals surface area contributed by atoms with Crippen LogP contribution in [0.15, 0.2) is 24.3 Å². The number of benzene rings is 1. The molecule has 6 nitrogen and oxygen atoms in total. The van der Waals surface area contributed by atoms with Crippen molar-refractivity contribution in [3.63, 3.8) is 0 Å². The van der Waals surface area contributed by atoms with Gasteiger partial charge in [0.25, 0.3) is 5.91 Å². The van der Waals surface area contributed by atoms with E-state index in [2.05, 4.69) is 17.3 Å². The molecule has 3 rings (SSSR count). The third kappa shape index (κ3) is 5.92. The molecule has 0 saturated carbocycles. The van der Waals surface area contributed by atoms with E-state index < -0.39 is 0 Å². The number of unbranched alkanes of at least 4 members (excludes halogenated alkanes) is 1. The lowest BCUT2D eigenvalue weighted by atomic mass is 10.1. The molecular weight excluding hydrogens is 432 g/mol. The summed E-state index contributed by atoms with van der Waals surface area (Å²) in [5.74, 6) is 1.75.